The predicted molar refractivity (Wildman–Crippen MR) is 55.7 cm³/mol. The molecule has 0 aliphatic carbocycles. The Hall–Kier alpha value is -1.58. The van der Waals surface area contributed by atoms with Crippen LogP contribution in [0.15, 0.2) is 24.5 Å². The molecule has 80 valence electrons. The fourth-order valence-corrected chi connectivity index (χ4v) is 1.65. The van der Waals surface area contributed by atoms with E-state index in [-0.39, 0.29) is 6.09 Å². The molecule has 1 saturated heterocycles. The van der Waals surface area contributed by atoms with Crippen LogP contribution in [0.1, 0.15) is 19.3 Å². The zero-order valence-electron chi connectivity index (χ0n) is 8.56. The van der Waals surface area contributed by atoms with Crippen molar-refractivity contribution in [2.75, 3.05) is 13.1 Å². The van der Waals surface area contributed by atoms with Gasteiger partial charge in [-0.2, -0.15) is 0 Å². The maximum Gasteiger partial charge on any atom is 0.415 e. The smallest absolute Gasteiger partial charge is 0.409 e. The average Bonchev–Trinajstić information content (AvgIpc) is 2.31. The molecule has 0 unspecified atom stereocenters. The van der Waals surface area contributed by atoms with Crippen LogP contribution in [0.4, 0.5) is 4.79 Å². The number of pyridine rings is 1. The quantitative estimate of drug-likeness (QED) is 0.706. The SMILES string of the molecule is O=C(Oc1cccnc1)N1CCCCC1. The van der Waals surface area contributed by atoms with E-state index in [1.165, 1.54) is 6.42 Å². The highest BCUT2D eigenvalue weighted by molar-refractivity contribution is 5.70. The molecule has 2 rings (SSSR count). The second kappa shape index (κ2) is 4.77. The van der Waals surface area contributed by atoms with Gasteiger partial charge < -0.3 is 9.64 Å². The first-order valence-electron chi connectivity index (χ1n) is 5.23. The molecule has 15 heavy (non-hydrogen) atoms. The van der Waals surface area contributed by atoms with Crippen molar-refractivity contribution in [2.24, 2.45) is 0 Å². The summed E-state index contributed by atoms with van der Waals surface area (Å²) in [5.41, 5.74) is 0. The van der Waals surface area contributed by atoms with Gasteiger partial charge >= 0.3 is 6.09 Å². The van der Waals surface area contributed by atoms with Crippen LogP contribution in [0, 0.1) is 0 Å². The van der Waals surface area contributed by atoms with E-state index >= 15 is 0 Å². The van der Waals surface area contributed by atoms with Gasteiger partial charge in [-0.1, -0.05) is 0 Å². The topological polar surface area (TPSA) is 42.4 Å². The Kier molecular flexibility index (Phi) is 3.17. The molecule has 4 heteroatoms. The Morgan fingerprint density at radius 2 is 2.13 bits per heavy atom. The third-order valence-corrected chi connectivity index (χ3v) is 2.45. The predicted octanol–water partition coefficient (Wildman–Crippen LogP) is 2.07. The molecular formula is C11H14N2O2. The van der Waals surface area contributed by atoms with Crippen molar-refractivity contribution in [3.63, 3.8) is 0 Å². The van der Waals surface area contributed by atoms with Gasteiger partial charge in [-0.3, -0.25) is 4.98 Å². The normalized spacial score (nSPS) is 16.1. The van der Waals surface area contributed by atoms with E-state index < -0.39 is 0 Å². The highest BCUT2D eigenvalue weighted by Gasteiger charge is 2.17. The van der Waals surface area contributed by atoms with Gasteiger partial charge in [-0.15, -0.1) is 0 Å². The van der Waals surface area contributed by atoms with E-state index in [1.807, 2.05) is 0 Å². The number of likely N-dealkylation sites (tertiary alicyclic amines) is 1. The zero-order chi connectivity index (χ0) is 10.5. The number of amides is 1. The van der Waals surface area contributed by atoms with E-state index in [4.69, 9.17) is 4.74 Å². The molecule has 0 spiro atoms. The lowest BCUT2D eigenvalue weighted by molar-refractivity contribution is 0.142. The molecule has 1 aliphatic heterocycles. The number of carbonyl (C=O) groups excluding carboxylic acids is 1. The van der Waals surface area contributed by atoms with Crippen molar-refractivity contribution < 1.29 is 9.53 Å². The van der Waals surface area contributed by atoms with Crippen LogP contribution in [-0.4, -0.2) is 29.1 Å². The molecule has 1 aromatic rings. The maximum atomic E-state index is 11.6. The maximum absolute atomic E-state index is 11.6. The zero-order valence-corrected chi connectivity index (χ0v) is 8.56. The van der Waals surface area contributed by atoms with E-state index in [0.717, 1.165) is 25.9 Å². The summed E-state index contributed by atoms with van der Waals surface area (Å²) >= 11 is 0. The molecule has 0 atom stereocenters. The minimum absolute atomic E-state index is 0.261. The van der Waals surface area contributed by atoms with Crippen LogP contribution in [0.25, 0.3) is 0 Å². The molecule has 0 N–H and O–H groups in total. The average molecular weight is 206 g/mol. The van der Waals surface area contributed by atoms with Gasteiger partial charge in [0, 0.05) is 19.3 Å². The third kappa shape index (κ3) is 2.68. The summed E-state index contributed by atoms with van der Waals surface area (Å²) in [6.07, 6.45) is 6.28. The second-order valence-electron chi connectivity index (χ2n) is 3.60. The largest absolute Gasteiger partial charge is 0.415 e. The van der Waals surface area contributed by atoms with Crippen molar-refractivity contribution in [3.05, 3.63) is 24.5 Å². The van der Waals surface area contributed by atoms with E-state index in [2.05, 4.69) is 4.98 Å². The Balaban J connectivity index is 1.91. The summed E-state index contributed by atoms with van der Waals surface area (Å²) in [6, 6.07) is 3.48. The van der Waals surface area contributed by atoms with Gasteiger partial charge in [0.1, 0.15) is 0 Å². The summed E-state index contributed by atoms with van der Waals surface area (Å²) in [7, 11) is 0. The molecule has 4 nitrogen and oxygen atoms in total. The van der Waals surface area contributed by atoms with Crippen molar-refractivity contribution in [1.82, 2.24) is 9.88 Å². The fourth-order valence-electron chi connectivity index (χ4n) is 1.65. The molecule has 0 radical (unpaired) electrons. The van der Waals surface area contributed by atoms with E-state index in [0.29, 0.717) is 5.75 Å². The third-order valence-electron chi connectivity index (χ3n) is 2.45. The first kappa shape index (κ1) is 9.96. The van der Waals surface area contributed by atoms with E-state index in [1.54, 1.807) is 29.4 Å². The van der Waals surface area contributed by atoms with Gasteiger partial charge in [0.2, 0.25) is 0 Å². The molecule has 0 saturated carbocycles. The Morgan fingerprint density at radius 1 is 1.33 bits per heavy atom. The van der Waals surface area contributed by atoms with Crippen LogP contribution in [0.2, 0.25) is 0 Å². The van der Waals surface area contributed by atoms with Crippen LogP contribution >= 0.6 is 0 Å². The van der Waals surface area contributed by atoms with Crippen LogP contribution in [0.5, 0.6) is 5.75 Å². The van der Waals surface area contributed by atoms with Gasteiger partial charge in [0.25, 0.3) is 0 Å². The number of piperidine rings is 1. The number of ether oxygens (including phenoxy) is 1. The number of hydrogen-bond acceptors (Lipinski definition) is 3. The number of aromatic nitrogens is 1. The first-order chi connectivity index (χ1) is 7.36. The Labute approximate surface area is 88.9 Å². The monoisotopic (exact) mass is 206 g/mol. The summed E-state index contributed by atoms with van der Waals surface area (Å²) in [4.78, 5) is 17.3. The Bertz CT molecular complexity index is 321. The van der Waals surface area contributed by atoms with Crippen LogP contribution in [0.3, 0.4) is 0 Å². The highest BCUT2D eigenvalue weighted by Crippen LogP contribution is 2.13. The minimum atomic E-state index is -0.261. The summed E-state index contributed by atoms with van der Waals surface area (Å²) in [6.45, 7) is 1.61. The number of nitrogens with zero attached hydrogens (tertiary/aromatic N) is 2. The van der Waals surface area contributed by atoms with Gasteiger partial charge in [-0.25, -0.2) is 4.79 Å². The molecule has 1 aliphatic rings. The summed E-state index contributed by atoms with van der Waals surface area (Å²) in [5, 5.41) is 0. The summed E-state index contributed by atoms with van der Waals surface area (Å²) < 4.78 is 5.18. The van der Waals surface area contributed by atoms with Crippen LogP contribution < -0.4 is 4.74 Å². The van der Waals surface area contributed by atoms with Crippen molar-refractivity contribution >= 4 is 6.09 Å². The summed E-state index contributed by atoms with van der Waals surface area (Å²) in [5.74, 6) is 0.507. The fraction of sp³-hybridized carbons (Fsp3) is 0.455. The number of hydrogen-bond donors (Lipinski definition) is 0. The molecule has 1 amide bonds. The highest BCUT2D eigenvalue weighted by atomic mass is 16.6. The van der Waals surface area contributed by atoms with Gasteiger partial charge in [0.05, 0.1) is 6.20 Å². The van der Waals surface area contributed by atoms with E-state index in [9.17, 15) is 4.79 Å². The second-order valence-corrected chi connectivity index (χ2v) is 3.60. The lowest BCUT2D eigenvalue weighted by Crippen LogP contribution is -2.37. The molecule has 1 aromatic heterocycles. The van der Waals surface area contributed by atoms with Crippen molar-refractivity contribution in [1.29, 1.82) is 0 Å². The molecule has 0 bridgehead atoms. The number of carbonyl (C=O) groups is 1. The minimum Gasteiger partial charge on any atom is -0.409 e. The van der Waals surface area contributed by atoms with Gasteiger partial charge in [0.15, 0.2) is 5.75 Å². The molecule has 1 fully saturated rings. The lowest BCUT2D eigenvalue weighted by atomic mass is 10.1. The standard InChI is InChI=1S/C11H14N2O2/c14-11(13-7-2-1-3-8-13)15-10-5-4-6-12-9-10/h4-6,9H,1-3,7-8H2. The number of rotatable bonds is 1. The molecular weight excluding hydrogens is 192 g/mol. The van der Waals surface area contributed by atoms with Crippen LogP contribution in [-0.2, 0) is 0 Å². The molecule has 2 heterocycles. The van der Waals surface area contributed by atoms with Crippen molar-refractivity contribution in [2.45, 2.75) is 19.3 Å². The van der Waals surface area contributed by atoms with Gasteiger partial charge in [-0.05, 0) is 31.4 Å². The van der Waals surface area contributed by atoms with Crippen molar-refractivity contribution in [3.8, 4) is 5.75 Å². The lowest BCUT2D eigenvalue weighted by Gasteiger charge is -2.25. The first-order valence-corrected chi connectivity index (χ1v) is 5.23. The molecule has 0 aromatic carbocycles. The Morgan fingerprint density at radius 3 is 2.80 bits per heavy atom.